The van der Waals surface area contributed by atoms with E-state index < -0.39 is 0 Å². The lowest BCUT2D eigenvalue weighted by Crippen LogP contribution is -2.09. The number of methoxy groups -OCH3 is 1. The summed E-state index contributed by atoms with van der Waals surface area (Å²) in [5, 5.41) is 0. The van der Waals surface area contributed by atoms with Crippen LogP contribution in [0.25, 0.3) is 0 Å². The summed E-state index contributed by atoms with van der Waals surface area (Å²) < 4.78 is 12.7. The summed E-state index contributed by atoms with van der Waals surface area (Å²) in [5.74, 6) is 0. The van der Waals surface area contributed by atoms with Gasteiger partial charge in [-0.25, -0.2) is 0 Å². The molecule has 0 aliphatic carbocycles. The van der Waals surface area contributed by atoms with Crippen molar-refractivity contribution in [3.63, 3.8) is 0 Å². The standard InChI is InChI=1S/C16H21NO2/c1-14-5-7-15(8-6-14)12-16-4-3-9-17(16)13-19-11-10-18-2/h3-9H,10-13H2,1-2H3. The van der Waals surface area contributed by atoms with Crippen LogP contribution in [0.2, 0.25) is 0 Å². The second-order valence-electron chi connectivity index (χ2n) is 4.66. The van der Waals surface area contributed by atoms with Crippen LogP contribution in [0.15, 0.2) is 42.6 Å². The van der Waals surface area contributed by atoms with Gasteiger partial charge in [0.25, 0.3) is 0 Å². The number of nitrogens with zero attached hydrogens (tertiary/aromatic N) is 1. The molecule has 0 spiro atoms. The highest BCUT2D eigenvalue weighted by Crippen LogP contribution is 2.11. The second kappa shape index (κ2) is 7.12. The Morgan fingerprint density at radius 3 is 2.58 bits per heavy atom. The number of ether oxygens (including phenoxy) is 2. The average Bonchev–Trinajstić information content (AvgIpc) is 2.85. The van der Waals surface area contributed by atoms with Gasteiger partial charge in [-0.3, -0.25) is 0 Å². The molecule has 3 nitrogen and oxygen atoms in total. The van der Waals surface area contributed by atoms with Crippen LogP contribution in [0.1, 0.15) is 16.8 Å². The van der Waals surface area contributed by atoms with Gasteiger partial charge in [0.05, 0.1) is 13.2 Å². The topological polar surface area (TPSA) is 23.4 Å². The van der Waals surface area contributed by atoms with Crippen LogP contribution in [0, 0.1) is 6.92 Å². The van der Waals surface area contributed by atoms with E-state index >= 15 is 0 Å². The van der Waals surface area contributed by atoms with E-state index in [0.717, 1.165) is 6.42 Å². The average molecular weight is 259 g/mol. The second-order valence-corrected chi connectivity index (χ2v) is 4.66. The van der Waals surface area contributed by atoms with Crippen molar-refractivity contribution in [1.82, 2.24) is 4.57 Å². The number of aryl methyl sites for hydroxylation is 1. The fourth-order valence-electron chi connectivity index (χ4n) is 1.96. The van der Waals surface area contributed by atoms with Crippen molar-refractivity contribution in [3.8, 4) is 0 Å². The molecule has 1 heterocycles. The maximum atomic E-state index is 5.55. The van der Waals surface area contributed by atoms with Gasteiger partial charge >= 0.3 is 0 Å². The highest BCUT2D eigenvalue weighted by atomic mass is 16.5. The SMILES string of the molecule is COCCOCn1cccc1Cc1ccc(C)cc1. The van der Waals surface area contributed by atoms with Crippen LogP contribution in [-0.4, -0.2) is 24.9 Å². The Balaban J connectivity index is 1.93. The zero-order chi connectivity index (χ0) is 13.5. The van der Waals surface area contributed by atoms with E-state index in [1.54, 1.807) is 7.11 Å². The van der Waals surface area contributed by atoms with E-state index in [9.17, 15) is 0 Å². The van der Waals surface area contributed by atoms with E-state index in [1.807, 2.05) is 0 Å². The summed E-state index contributed by atoms with van der Waals surface area (Å²) in [6.07, 6.45) is 2.98. The Morgan fingerprint density at radius 1 is 1.05 bits per heavy atom. The van der Waals surface area contributed by atoms with Crippen LogP contribution < -0.4 is 0 Å². The van der Waals surface area contributed by atoms with Crippen molar-refractivity contribution in [2.24, 2.45) is 0 Å². The third-order valence-electron chi connectivity index (χ3n) is 3.09. The summed E-state index contributed by atoms with van der Waals surface area (Å²) in [7, 11) is 1.68. The molecule has 19 heavy (non-hydrogen) atoms. The summed E-state index contributed by atoms with van der Waals surface area (Å²) in [4.78, 5) is 0. The molecule has 0 N–H and O–H groups in total. The number of aromatic nitrogens is 1. The largest absolute Gasteiger partial charge is 0.382 e. The van der Waals surface area contributed by atoms with Crippen LogP contribution >= 0.6 is 0 Å². The molecule has 0 fully saturated rings. The van der Waals surface area contributed by atoms with Crippen molar-refractivity contribution >= 4 is 0 Å². The molecule has 0 aliphatic heterocycles. The van der Waals surface area contributed by atoms with Gasteiger partial charge in [-0.2, -0.15) is 0 Å². The third-order valence-corrected chi connectivity index (χ3v) is 3.09. The van der Waals surface area contributed by atoms with Crippen molar-refractivity contribution in [2.45, 2.75) is 20.1 Å². The van der Waals surface area contributed by atoms with Crippen molar-refractivity contribution < 1.29 is 9.47 Å². The molecular formula is C16H21NO2. The molecule has 0 saturated carbocycles. The normalized spacial score (nSPS) is 10.8. The molecule has 0 aliphatic rings. The smallest absolute Gasteiger partial charge is 0.122 e. The van der Waals surface area contributed by atoms with Crippen molar-refractivity contribution in [2.75, 3.05) is 20.3 Å². The molecule has 1 aromatic carbocycles. The lowest BCUT2D eigenvalue weighted by atomic mass is 10.1. The molecule has 0 unspecified atom stereocenters. The van der Waals surface area contributed by atoms with Gasteiger partial charge in [0, 0.05) is 25.4 Å². The molecule has 2 aromatic rings. The summed E-state index contributed by atoms with van der Waals surface area (Å²) in [5.41, 5.74) is 3.88. The molecule has 0 bridgehead atoms. The van der Waals surface area contributed by atoms with Gasteiger partial charge in [0.2, 0.25) is 0 Å². The molecule has 3 heteroatoms. The Hall–Kier alpha value is -1.58. The fraction of sp³-hybridized carbons (Fsp3) is 0.375. The first-order valence-electron chi connectivity index (χ1n) is 6.56. The number of benzene rings is 1. The summed E-state index contributed by atoms with van der Waals surface area (Å²) >= 11 is 0. The molecule has 0 radical (unpaired) electrons. The van der Waals surface area contributed by atoms with Crippen LogP contribution in [0.3, 0.4) is 0 Å². The van der Waals surface area contributed by atoms with Crippen LogP contribution in [-0.2, 0) is 22.6 Å². The molecular weight excluding hydrogens is 238 g/mol. The van der Waals surface area contributed by atoms with Crippen LogP contribution in [0.5, 0.6) is 0 Å². The van der Waals surface area contributed by atoms with E-state index in [1.165, 1.54) is 16.8 Å². The van der Waals surface area contributed by atoms with Crippen molar-refractivity contribution in [1.29, 1.82) is 0 Å². The molecule has 0 saturated heterocycles. The fourth-order valence-corrected chi connectivity index (χ4v) is 1.96. The predicted octanol–water partition coefficient (Wildman–Crippen LogP) is 3.01. The first kappa shape index (κ1) is 13.8. The Kier molecular flexibility index (Phi) is 5.19. The third kappa shape index (κ3) is 4.23. The zero-order valence-corrected chi connectivity index (χ0v) is 11.6. The van der Waals surface area contributed by atoms with E-state index in [2.05, 4.69) is 54.1 Å². The number of hydrogen-bond acceptors (Lipinski definition) is 2. The van der Waals surface area contributed by atoms with E-state index in [-0.39, 0.29) is 0 Å². The quantitative estimate of drug-likeness (QED) is 0.714. The highest BCUT2D eigenvalue weighted by Gasteiger charge is 2.02. The molecule has 0 amide bonds. The van der Waals surface area contributed by atoms with Gasteiger partial charge in [-0.1, -0.05) is 29.8 Å². The van der Waals surface area contributed by atoms with E-state index in [4.69, 9.17) is 9.47 Å². The van der Waals surface area contributed by atoms with Gasteiger partial charge in [-0.05, 0) is 24.6 Å². The highest BCUT2D eigenvalue weighted by molar-refractivity contribution is 5.26. The zero-order valence-electron chi connectivity index (χ0n) is 11.6. The monoisotopic (exact) mass is 259 g/mol. The molecule has 0 atom stereocenters. The molecule has 2 rings (SSSR count). The van der Waals surface area contributed by atoms with Gasteiger partial charge in [0.1, 0.15) is 6.73 Å². The minimum absolute atomic E-state index is 0.581. The maximum absolute atomic E-state index is 5.55. The van der Waals surface area contributed by atoms with Gasteiger partial charge < -0.3 is 14.0 Å². The van der Waals surface area contributed by atoms with Crippen molar-refractivity contribution in [3.05, 3.63) is 59.4 Å². The molecule has 1 aromatic heterocycles. The summed E-state index contributed by atoms with van der Waals surface area (Å²) in [6, 6.07) is 12.9. The first-order valence-corrected chi connectivity index (χ1v) is 6.56. The van der Waals surface area contributed by atoms with E-state index in [0.29, 0.717) is 19.9 Å². The minimum atomic E-state index is 0.581. The lowest BCUT2D eigenvalue weighted by Gasteiger charge is -2.10. The predicted molar refractivity (Wildman–Crippen MR) is 76.2 cm³/mol. The lowest BCUT2D eigenvalue weighted by molar-refractivity contribution is 0.0334. The van der Waals surface area contributed by atoms with Gasteiger partial charge in [0.15, 0.2) is 0 Å². The Morgan fingerprint density at radius 2 is 1.84 bits per heavy atom. The maximum Gasteiger partial charge on any atom is 0.122 e. The van der Waals surface area contributed by atoms with Gasteiger partial charge in [-0.15, -0.1) is 0 Å². The summed E-state index contributed by atoms with van der Waals surface area (Å²) in [6.45, 7) is 3.95. The Bertz CT molecular complexity index is 488. The number of hydrogen-bond donors (Lipinski definition) is 0. The Labute approximate surface area is 114 Å². The first-order chi connectivity index (χ1) is 9.29. The number of rotatable bonds is 7. The van der Waals surface area contributed by atoms with Crippen LogP contribution in [0.4, 0.5) is 0 Å². The molecule has 102 valence electrons. The minimum Gasteiger partial charge on any atom is -0.382 e.